The lowest BCUT2D eigenvalue weighted by molar-refractivity contribution is 0.192. The summed E-state index contributed by atoms with van der Waals surface area (Å²) in [5.74, 6) is 1.64. The van der Waals surface area contributed by atoms with Gasteiger partial charge in [0, 0.05) is 32.6 Å². The standard InChI is InChI=1S/C10H18N2O2/c1-8(11)6-9-7-12-10(14-9)4-3-5-13-2/h7-8H,3-6,11H2,1-2H3. The molecule has 80 valence electrons. The number of hydrogen-bond acceptors (Lipinski definition) is 4. The Bertz CT molecular complexity index is 258. The lowest BCUT2D eigenvalue weighted by Crippen LogP contribution is -2.17. The minimum atomic E-state index is 0.120. The van der Waals surface area contributed by atoms with Crippen LogP contribution in [0.15, 0.2) is 10.6 Å². The highest BCUT2D eigenvalue weighted by Gasteiger charge is 2.05. The fraction of sp³-hybridized carbons (Fsp3) is 0.700. The van der Waals surface area contributed by atoms with Gasteiger partial charge in [0.2, 0.25) is 0 Å². The highest BCUT2D eigenvalue weighted by Crippen LogP contribution is 2.07. The molecule has 1 unspecified atom stereocenters. The summed E-state index contributed by atoms with van der Waals surface area (Å²) in [6.45, 7) is 2.69. The minimum Gasteiger partial charge on any atom is -0.446 e. The Hall–Kier alpha value is -0.870. The van der Waals surface area contributed by atoms with Crippen LogP contribution in [0, 0.1) is 0 Å². The Morgan fingerprint density at radius 1 is 1.64 bits per heavy atom. The molecular weight excluding hydrogens is 180 g/mol. The van der Waals surface area contributed by atoms with Gasteiger partial charge in [-0.25, -0.2) is 4.98 Å². The molecule has 0 aliphatic rings. The Labute approximate surface area is 84.5 Å². The third kappa shape index (κ3) is 3.89. The maximum atomic E-state index is 5.65. The van der Waals surface area contributed by atoms with Crippen LogP contribution in [0.3, 0.4) is 0 Å². The molecule has 0 saturated carbocycles. The molecule has 0 saturated heterocycles. The largest absolute Gasteiger partial charge is 0.446 e. The molecule has 0 fully saturated rings. The summed E-state index contributed by atoms with van der Waals surface area (Å²) in [4.78, 5) is 4.16. The summed E-state index contributed by atoms with van der Waals surface area (Å²) in [5, 5.41) is 0. The SMILES string of the molecule is COCCCc1ncc(CC(C)N)o1. The second-order valence-electron chi connectivity index (χ2n) is 3.50. The molecule has 14 heavy (non-hydrogen) atoms. The molecule has 0 amide bonds. The van der Waals surface area contributed by atoms with E-state index in [-0.39, 0.29) is 6.04 Å². The van der Waals surface area contributed by atoms with E-state index in [4.69, 9.17) is 14.9 Å². The van der Waals surface area contributed by atoms with E-state index in [1.807, 2.05) is 6.92 Å². The highest BCUT2D eigenvalue weighted by molar-refractivity contribution is 4.96. The fourth-order valence-corrected chi connectivity index (χ4v) is 1.24. The van der Waals surface area contributed by atoms with Gasteiger partial charge in [0.1, 0.15) is 5.76 Å². The van der Waals surface area contributed by atoms with Gasteiger partial charge in [-0.2, -0.15) is 0 Å². The summed E-state index contributed by atoms with van der Waals surface area (Å²) in [6, 6.07) is 0.120. The number of rotatable bonds is 6. The first-order chi connectivity index (χ1) is 6.72. The summed E-state index contributed by atoms with van der Waals surface area (Å²) < 4.78 is 10.4. The normalized spacial score (nSPS) is 13.1. The summed E-state index contributed by atoms with van der Waals surface area (Å²) in [5.41, 5.74) is 5.65. The lowest BCUT2D eigenvalue weighted by atomic mass is 10.2. The fourth-order valence-electron chi connectivity index (χ4n) is 1.24. The van der Waals surface area contributed by atoms with Gasteiger partial charge in [0.15, 0.2) is 5.89 Å². The van der Waals surface area contributed by atoms with E-state index in [9.17, 15) is 0 Å². The van der Waals surface area contributed by atoms with Crippen LogP contribution in [0.2, 0.25) is 0 Å². The van der Waals surface area contributed by atoms with E-state index >= 15 is 0 Å². The minimum absolute atomic E-state index is 0.120. The van der Waals surface area contributed by atoms with Crippen molar-refractivity contribution < 1.29 is 9.15 Å². The molecular formula is C10H18N2O2. The van der Waals surface area contributed by atoms with Crippen LogP contribution in [0.4, 0.5) is 0 Å². The van der Waals surface area contributed by atoms with Crippen molar-refractivity contribution in [3.63, 3.8) is 0 Å². The second kappa shape index (κ2) is 5.78. The molecule has 4 heteroatoms. The molecule has 4 nitrogen and oxygen atoms in total. The van der Waals surface area contributed by atoms with Gasteiger partial charge < -0.3 is 14.9 Å². The smallest absolute Gasteiger partial charge is 0.194 e. The Morgan fingerprint density at radius 3 is 3.07 bits per heavy atom. The molecule has 2 N–H and O–H groups in total. The van der Waals surface area contributed by atoms with E-state index < -0.39 is 0 Å². The highest BCUT2D eigenvalue weighted by atomic mass is 16.5. The van der Waals surface area contributed by atoms with Gasteiger partial charge in [0.05, 0.1) is 6.20 Å². The molecule has 1 aromatic rings. The number of oxazole rings is 1. The van der Waals surface area contributed by atoms with Gasteiger partial charge in [-0.1, -0.05) is 0 Å². The summed E-state index contributed by atoms with van der Waals surface area (Å²) in [6.07, 6.45) is 4.27. The quantitative estimate of drug-likeness (QED) is 0.696. The first kappa shape index (κ1) is 11.2. The summed E-state index contributed by atoms with van der Waals surface area (Å²) in [7, 11) is 1.69. The maximum Gasteiger partial charge on any atom is 0.194 e. The molecule has 0 radical (unpaired) electrons. The Kier molecular flexibility index (Phi) is 4.62. The maximum absolute atomic E-state index is 5.65. The Morgan fingerprint density at radius 2 is 2.43 bits per heavy atom. The van der Waals surface area contributed by atoms with Crippen LogP contribution < -0.4 is 5.73 Å². The number of hydrogen-bond donors (Lipinski definition) is 1. The number of methoxy groups -OCH3 is 1. The van der Waals surface area contributed by atoms with Gasteiger partial charge in [-0.15, -0.1) is 0 Å². The van der Waals surface area contributed by atoms with Gasteiger partial charge in [-0.05, 0) is 13.3 Å². The number of ether oxygens (including phenoxy) is 1. The van der Waals surface area contributed by atoms with Gasteiger partial charge in [-0.3, -0.25) is 0 Å². The third-order valence-electron chi connectivity index (χ3n) is 1.86. The van der Waals surface area contributed by atoms with Crippen LogP contribution in [0.1, 0.15) is 25.0 Å². The van der Waals surface area contributed by atoms with Crippen molar-refractivity contribution in [3.05, 3.63) is 17.8 Å². The lowest BCUT2D eigenvalue weighted by Gasteiger charge is -1.99. The number of nitrogens with two attached hydrogens (primary N) is 1. The first-order valence-corrected chi connectivity index (χ1v) is 4.90. The molecule has 0 spiro atoms. The molecule has 1 atom stereocenters. The predicted molar refractivity (Wildman–Crippen MR) is 54.1 cm³/mol. The van der Waals surface area contributed by atoms with Crippen molar-refractivity contribution in [1.82, 2.24) is 4.98 Å². The monoisotopic (exact) mass is 198 g/mol. The molecule has 1 rings (SSSR count). The van der Waals surface area contributed by atoms with Crippen molar-refractivity contribution in [2.24, 2.45) is 5.73 Å². The number of nitrogens with zero attached hydrogens (tertiary/aromatic N) is 1. The third-order valence-corrected chi connectivity index (χ3v) is 1.86. The zero-order chi connectivity index (χ0) is 10.4. The van der Waals surface area contributed by atoms with Crippen molar-refractivity contribution >= 4 is 0 Å². The van der Waals surface area contributed by atoms with Crippen LogP contribution in [0.25, 0.3) is 0 Å². The molecule has 0 aliphatic heterocycles. The van der Waals surface area contributed by atoms with Gasteiger partial charge in [0.25, 0.3) is 0 Å². The van der Waals surface area contributed by atoms with E-state index in [2.05, 4.69) is 4.98 Å². The van der Waals surface area contributed by atoms with Crippen LogP contribution in [0.5, 0.6) is 0 Å². The van der Waals surface area contributed by atoms with E-state index in [0.717, 1.165) is 37.5 Å². The predicted octanol–water partition coefficient (Wildman–Crippen LogP) is 1.14. The van der Waals surface area contributed by atoms with E-state index in [1.54, 1.807) is 13.3 Å². The number of aryl methyl sites for hydroxylation is 1. The first-order valence-electron chi connectivity index (χ1n) is 4.90. The van der Waals surface area contributed by atoms with E-state index in [1.165, 1.54) is 0 Å². The molecule has 0 aliphatic carbocycles. The average molecular weight is 198 g/mol. The van der Waals surface area contributed by atoms with Crippen molar-refractivity contribution in [1.29, 1.82) is 0 Å². The second-order valence-corrected chi connectivity index (χ2v) is 3.50. The summed E-state index contributed by atoms with van der Waals surface area (Å²) >= 11 is 0. The van der Waals surface area contributed by atoms with Crippen LogP contribution in [-0.2, 0) is 17.6 Å². The van der Waals surface area contributed by atoms with Crippen LogP contribution in [-0.4, -0.2) is 24.7 Å². The van der Waals surface area contributed by atoms with Crippen LogP contribution >= 0.6 is 0 Å². The molecule has 1 aromatic heterocycles. The topological polar surface area (TPSA) is 61.3 Å². The average Bonchev–Trinajstić information content (AvgIpc) is 2.52. The van der Waals surface area contributed by atoms with E-state index in [0.29, 0.717) is 0 Å². The van der Waals surface area contributed by atoms with Crippen molar-refractivity contribution in [2.45, 2.75) is 32.2 Å². The van der Waals surface area contributed by atoms with Gasteiger partial charge >= 0.3 is 0 Å². The van der Waals surface area contributed by atoms with Crippen molar-refractivity contribution in [3.8, 4) is 0 Å². The molecule has 0 bridgehead atoms. The number of aromatic nitrogens is 1. The Balaban J connectivity index is 2.35. The molecule has 1 heterocycles. The zero-order valence-corrected chi connectivity index (χ0v) is 8.82. The molecule has 0 aromatic carbocycles. The zero-order valence-electron chi connectivity index (χ0n) is 8.82. The van der Waals surface area contributed by atoms with Crippen molar-refractivity contribution in [2.75, 3.05) is 13.7 Å².